The number of likely N-dealkylation sites (tertiary alicyclic amines) is 1. The molecule has 1 fully saturated rings. The number of amides is 1. The molecule has 1 aliphatic heterocycles. The summed E-state index contributed by atoms with van der Waals surface area (Å²) in [7, 11) is 1.91. The van der Waals surface area contributed by atoms with Gasteiger partial charge in [-0.05, 0) is 42.6 Å². The Bertz CT molecular complexity index is 879. The van der Waals surface area contributed by atoms with Gasteiger partial charge in [0.05, 0.1) is 5.92 Å². The fourth-order valence-corrected chi connectivity index (χ4v) is 3.75. The van der Waals surface area contributed by atoms with Gasteiger partial charge in [0.1, 0.15) is 0 Å². The van der Waals surface area contributed by atoms with Crippen molar-refractivity contribution >= 4 is 29.4 Å². The Morgan fingerprint density at radius 1 is 1.03 bits per heavy atom. The van der Waals surface area contributed by atoms with E-state index in [4.69, 9.17) is 31.4 Å². The molecule has 1 amide bonds. The molecule has 2 aromatic rings. The number of carboxylic acids is 2. The normalized spacial score (nSPS) is 16.0. The highest BCUT2D eigenvalue weighted by Crippen LogP contribution is 2.22. The van der Waals surface area contributed by atoms with E-state index >= 15 is 0 Å². The summed E-state index contributed by atoms with van der Waals surface area (Å²) in [6.07, 6.45) is 2.04. The van der Waals surface area contributed by atoms with Crippen LogP contribution < -0.4 is 0 Å². The molecule has 1 heterocycles. The van der Waals surface area contributed by atoms with Crippen LogP contribution in [0.2, 0.25) is 5.02 Å². The molecule has 166 valence electrons. The van der Waals surface area contributed by atoms with Crippen molar-refractivity contribution < 1.29 is 24.6 Å². The third-order valence-corrected chi connectivity index (χ3v) is 5.21. The Kier molecular flexibility index (Phi) is 9.49. The second-order valence-corrected chi connectivity index (χ2v) is 7.93. The van der Waals surface area contributed by atoms with E-state index in [0.717, 1.165) is 37.5 Å². The topological polar surface area (TPSA) is 98.2 Å². The first-order valence-corrected chi connectivity index (χ1v) is 10.4. The van der Waals surface area contributed by atoms with E-state index in [1.807, 2.05) is 48.3 Å². The summed E-state index contributed by atoms with van der Waals surface area (Å²) < 4.78 is 0. The van der Waals surface area contributed by atoms with Crippen molar-refractivity contribution in [2.24, 2.45) is 5.92 Å². The number of halogens is 1. The Balaban J connectivity index is 0.000000501. The molecular weight excluding hydrogens is 420 g/mol. The zero-order valence-corrected chi connectivity index (χ0v) is 18.2. The van der Waals surface area contributed by atoms with Gasteiger partial charge in [-0.1, -0.05) is 54.1 Å². The van der Waals surface area contributed by atoms with Crippen LogP contribution in [0.15, 0.2) is 54.6 Å². The molecule has 31 heavy (non-hydrogen) atoms. The lowest BCUT2D eigenvalue weighted by molar-refractivity contribution is -0.159. The maximum absolute atomic E-state index is 12.8. The summed E-state index contributed by atoms with van der Waals surface area (Å²) in [6, 6.07) is 18.1. The Labute approximate surface area is 186 Å². The molecule has 0 bridgehead atoms. The van der Waals surface area contributed by atoms with Gasteiger partial charge in [-0.25, -0.2) is 9.59 Å². The lowest BCUT2D eigenvalue weighted by Gasteiger charge is -2.34. The van der Waals surface area contributed by atoms with E-state index in [0.29, 0.717) is 6.54 Å². The van der Waals surface area contributed by atoms with E-state index in [-0.39, 0.29) is 11.8 Å². The molecule has 0 saturated carbocycles. The Morgan fingerprint density at radius 2 is 1.68 bits per heavy atom. The fourth-order valence-electron chi connectivity index (χ4n) is 3.54. The third kappa shape index (κ3) is 8.39. The van der Waals surface area contributed by atoms with E-state index in [2.05, 4.69) is 23.1 Å². The van der Waals surface area contributed by atoms with Gasteiger partial charge in [-0.2, -0.15) is 0 Å². The first-order chi connectivity index (χ1) is 14.8. The molecule has 0 radical (unpaired) electrons. The number of carboxylic acid groups (broad SMARTS) is 2. The van der Waals surface area contributed by atoms with Crippen molar-refractivity contribution in [1.82, 2.24) is 9.80 Å². The smallest absolute Gasteiger partial charge is 0.414 e. The number of piperidine rings is 1. The first kappa shape index (κ1) is 24.4. The molecular formula is C23H27ClN2O5. The van der Waals surface area contributed by atoms with Crippen molar-refractivity contribution in [3.8, 4) is 0 Å². The molecule has 3 rings (SSSR count). The summed E-state index contributed by atoms with van der Waals surface area (Å²) in [4.78, 5) is 35.3. The average molecular weight is 447 g/mol. The number of benzene rings is 2. The quantitative estimate of drug-likeness (QED) is 0.683. The van der Waals surface area contributed by atoms with Crippen LogP contribution in [0.25, 0.3) is 0 Å². The average Bonchev–Trinajstić information content (AvgIpc) is 2.74. The van der Waals surface area contributed by atoms with Crippen LogP contribution in [0.1, 0.15) is 24.0 Å². The monoisotopic (exact) mass is 446 g/mol. The number of nitrogens with zero attached hydrogens (tertiary/aromatic N) is 2. The minimum Gasteiger partial charge on any atom is -0.473 e. The molecule has 1 saturated heterocycles. The van der Waals surface area contributed by atoms with Gasteiger partial charge in [-0.3, -0.25) is 9.69 Å². The minimum absolute atomic E-state index is 0.0849. The van der Waals surface area contributed by atoms with Crippen LogP contribution in [0.5, 0.6) is 0 Å². The van der Waals surface area contributed by atoms with Gasteiger partial charge in [0.2, 0.25) is 5.91 Å². The summed E-state index contributed by atoms with van der Waals surface area (Å²) in [5, 5.41) is 15.6. The summed E-state index contributed by atoms with van der Waals surface area (Å²) in [6.45, 7) is 3.39. The lowest BCUT2D eigenvalue weighted by atomic mass is 9.96. The molecule has 0 aromatic heterocycles. The van der Waals surface area contributed by atoms with Crippen molar-refractivity contribution in [2.75, 3.05) is 20.1 Å². The Hall–Kier alpha value is -2.90. The van der Waals surface area contributed by atoms with Crippen molar-refractivity contribution in [2.45, 2.75) is 25.9 Å². The summed E-state index contributed by atoms with van der Waals surface area (Å²) in [5.41, 5.74) is 2.38. The van der Waals surface area contributed by atoms with Crippen LogP contribution in [-0.2, 0) is 27.5 Å². The molecule has 2 N–H and O–H groups in total. The highest BCUT2D eigenvalue weighted by atomic mass is 35.5. The van der Waals surface area contributed by atoms with E-state index < -0.39 is 11.9 Å². The van der Waals surface area contributed by atoms with Gasteiger partial charge in [-0.15, -0.1) is 0 Å². The zero-order chi connectivity index (χ0) is 22.8. The molecule has 2 aromatic carbocycles. The molecule has 8 heteroatoms. The van der Waals surface area contributed by atoms with E-state index in [1.165, 1.54) is 11.1 Å². The predicted molar refractivity (Wildman–Crippen MR) is 118 cm³/mol. The maximum Gasteiger partial charge on any atom is 0.414 e. The van der Waals surface area contributed by atoms with Crippen LogP contribution in [0.3, 0.4) is 0 Å². The van der Waals surface area contributed by atoms with E-state index in [1.54, 1.807) is 0 Å². The predicted octanol–water partition coefficient (Wildman–Crippen LogP) is 3.37. The van der Waals surface area contributed by atoms with Crippen molar-refractivity contribution in [1.29, 1.82) is 0 Å². The van der Waals surface area contributed by atoms with E-state index in [9.17, 15) is 4.79 Å². The second-order valence-electron chi connectivity index (χ2n) is 7.49. The molecule has 0 aliphatic carbocycles. The lowest BCUT2D eigenvalue weighted by Crippen LogP contribution is -2.43. The first-order valence-electron chi connectivity index (χ1n) is 9.98. The third-order valence-electron chi connectivity index (χ3n) is 4.97. The molecule has 1 unspecified atom stereocenters. The summed E-state index contributed by atoms with van der Waals surface area (Å²) >= 11 is 6.08. The van der Waals surface area contributed by atoms with Gasteiger partial charge in [0.25, 0.3) is 0 Å². The number of carbonyl (C=O) groups excluding carboxylic acids is 1. The van der Waals surface area contributed by atoms with Crippen LogP contribution >= 0.6 is 11.6 Å². The van der Waals surface area contributed by atoms with Crippen molar-refractivity contribution in [3.05, 3.63) is 70.7 Å². The number of aliphatic carboxylic acids is 2. The van der Waals surface area contributed by atoms with Gasteiger partial charge in [0.15, 0.2) is 0 Å². The van der Waals surface area contributed by atoms with Crippen LogP contribution in [0, 0.1) is 5.92 Å². The van der Waals surface area contributed by atoms with Crippen molar-refractivity contribution in [3.63, 3.8) is 0 Å². The number of hydrogen-bond acceptors (Lipinski definition) is 4. The number of rotatable bonds is 5. The highest BCUT2D eigenvalue weighted by Gasteiger charge is 2.28. The maximum atomic E-state index is 12.8. The SMILES string of the molecule is CN(Cc1ccccc1)C(=O)C1CCCN(Cc2cccc(Cl)c2)C1.O=C(O)C(=O)O. The highest BCUT2D eigenvalue weighted by molar-refractivity contribution is 6.30. The van der Waals surface area contributed by atoms with Crippen LogP contribution in [-0.4, -0.2) is 58.0 Å². The zero-order valence-electron chi connectivity index (χ0n) is 17.4. The largest absolute Gasteiger partial charge is 0.473 e. The minimum atomic E-state index is -1.82. The van der Waals surface area contributed by atoms with Crippen LogP contribution in [0.4, 0.5) is 0 Å². The fraction of sp³-hybridized carbons (Fsp3) is 0.348. The Morgan fingerprint density at radius 3 is 2.29 bits per heavy atom. The second kappa shape index (κ2) is 12.1. The van der Waals surface area contributed by atoms with Gasteiger partial charge < -0.3 is 15.1 Å². The number of hydrogen-bond donors (Lipinski definition) is 2. The van der Waals surface area contributed by atoms with Gasteiger partial charge in [0, 0.05) is 31.7 Å². The molecule has 1 atom stereocenters. The van der Waals surface area contributed by atoms with Gasteiger partial charge >= 0.3 is 11.9 Å². The molecule has 0 spiro atoms. The molecule has 1 aliphatic rings. The molecule has 7 nitrogen and oxygen atoms in total. The number of carbonyl (C=O) groups is 3. The standard InChI is InChI=1S/C21H25ClN2O.C2H2O4/c1-23(14-17-7-3-2-4-8-17)21(25)19-10-6-12-24(16-19)15-18-9-5-11-20(22)13-18;3-1(4)2(5)6/h2-5,7-9,11,13,19H,6,10,12,14-16H2,1H3;(H,3,4)(H,5,6). The summed E-state index contributed by atoms with van der Waals surface area (Å²) in [5.74, 6) is -3.31.